The summed E-state index contributed by atoms with van der Waals surface area (Å²) in [7, 11) is 1.57. The molecule has 0 fully saturated rings. The molecule has 4 aromatic rings. The van der Waals surface area contributed by atoms with Crippen molar-refractivity contribution in [3.05, 3.63) is 94.3 Å². The van der Waals surface area contributed by atoms with E-state index in [0.29, 0.717) is 30.5 Å². The van der Waals surface area contributed by atoms with E-state index in [9.17, 15) is 9.59 Å². The molecule has 0 N–H and O–H groups in total. The van der Waals surface area contributed by atoms with Crippen molar-refractivity contribution in [3.63, 3.8) is 0 Å². The molecule has 0 saturated heterocycles. The minimum atomic E-state index is -0.215. The number of nitrogens with zero attached hydrogens (tertiary/aromatic N) is 3. The Morgan fingerprint density at radius 3 is 2.58 bits per heavy atom. The predicted molar refractivity (Wildman–Crippen MR) is 133 cm³/mol. The van der Waals surface area contributed by atoms with Crippen molar-refractivity contribution in [2.45, 2.75) is 20.4 Å². The van der Waals surface area contributed by atoms with Gasteiger partial charge in [-0.2, -0.15) is 0 Å². The van der Waals surface area contributed by atoms with Crippen LogP contribution in [-0.2, 0) is 6.54 Å². The van der Waals surface area contributed by atoms with Gasteiger partial charge in [-0.3, -0.25) is 14.2 Å². The van der Waals surface area contributed by atoms with E-state index in [4.69, 9.17) is 16.3 Å². The lowest BCUT2D eigenvalue weighted by molar-refractivity contribution is 0.106. The molecule has 0 unspecified atom stereocenters. The molecular weight excluding hydrogens is 478 g/mol. The summed E-state index contributed by atoms with van der Waals surface area (Å²) in [4.78, 5) is 26.3. The van der Waals surface area contributed by atoms with Gasteiger partial charge in [0.05, 0.1) is 18.2 Å². The normalized spacial score (nSPS) is 12.4. The lowest BCUT2D eigenvalue weighted by atomic mass is 10.1. The molecule has 2 aromatic heterocycles. The first-order chi connectivity index (χ1) is 15.9. The van der Waals surface area contributed by atoms with Gasteiger partial charge in [-0.25, -0.2) is 0 Å². The topological polar surface area (TPSA) is 74.1 Å². The van der Waals surface area contributed by atoms with Crippen molar-refractivity contribution < 1.29 is 9.53 Å². The number of thiazole rings is 1. The highest BCUT2D eigenvalue weighted by molar-refractivity contribution is 7.10. The molecule has 0 amide bonds. The van der Waals surface area contributed by atoms with E-state index in [0.717, 1.165) is 28.2 Å². The number of ketones is 1. The maximum absolute atomic E-state index is 13.3. The zero-order valence-corrected chi connectivity index (χ0v) is 20.6. The number of aryl methyl sites for hydroxylation is 2. The highest BCUT2D eigenvalue weighted by Gasteiger charge is 2.13. The van der Waals surface area contributed by atoms with Gasteiger partial charge in [-0.05, 0) is 55.3 Å². The monoisotopic (exact) mass is 497 g/mol. The van der Waals surface area contributed by atoms with E-state index >= 15 is 0 Å². The number of carbonyl (C=O) groups is 1. The zero-order chi connectivity index (χ0) is 23.5. The minimum Gasteiger partial charge on any atom is -0.497 e. The second kappa shape index (κ2) is 9.82. The van der Waals surface area contributed by atoms with Gasteiger partial charge in [0.15, 0.2) is 5.78 Å². The summed E-state index contributed by atoms with van der Waals surface area (Å²) in [5.74, 6) is 0.448. The molecule has 0 aliphatic heterocycles. The Labute approximate surface area is 203 Å². The van der Waals surface area contributed by atoms with Gasteiger partial charge in [0.2, 0.25) is 0 Å². The molecule has 0 atom stereocenters. The van der Waals surface area contributed by atoms with Crippen LogP contribution in [-0.4, -0.2) is 27.0 Å². The van der Waals surface area contributed by atoms with Crippen LogP contribution in [0.1, 0.15) is 32.7 Å². The quantitative estimate of drug-likeness (QED) is 0.381. The van der Waals surface area contributed by atoms with Crippen molar-refractivity contribution in [1.29, 1.82) is 0 Å². The van der Waals surface area contributed by atoms with Gasteiger partial charge in [0.1, 0.15) is 20.4 Å². The summed E-state index contributed by atoms with van der Waals surface area (Å²) in [6.07, 6.45) is 3.33. The van der Waals surface area contributed by atoms with E-state index < -0.39 is 0 Å². The van der Waals surface area contributed by atoms with Crippen molar-refractivity contribution in [3.8, 4) is 5.75 Å². The minimum absolute atomic E-state index is 0.132. The van der Waals surface area contributed by atoms with Crippen LogP contribution in [0.25, 0.3) is 12.2 Å². The van der Waals surface area contributed by atoms with E-state index in [-0.39, 0.29) is 17.9 Å². The van der Waals surface area contributed by atoms with Crippen LogP contribution in [0.15, 0.2) is 47.3 Å². The maximum atomic E-state index is 13.3. The van der Waals surface area contributed by atoms with Crippen molar-refractivity contribution in [1.82, 2.24) is 14.2 Å². The molecule has 168 valence electrons. The van der Waals surface area contributed by atoms with Crippen LogP contribution < -0.4 is 19.5 Å². The fraction of sp³-hybridized carbons (Fsp3) is 0.167. The number of benzene rings is 2. The number of methoxy groups -OCH3 is 1. The van der Waals surface area contributed by atoms with E-state index in [1.165, 1.54) is 22.0 Å². The first kappa shape index (κ1) is 23.1. The number of hydrogen-bond acceptors (Lipinski definition) is 7. The molecule has 0 bridgehead atoms. The van der Waals surface area contributed by atoms with Crippen LogP contribution in [0.2, 0.25) is 4.34 Å². The largest absolute Gasteiger partial charge is 0.497 e. The second-order valence-electron chi connectivity index (χ2n) is 7.43. The number of halogens is 1. The molecule has 2 heterocycles. The van der Waals surface area contributed by atoms with Gasteiger partial charge in [0.25, 0.3) is 5.56 Å². The van der Waals surface area contributed by atoms with Crippen LogP contribution in [0.3, 0.4) is 0 Å². The van der Waals surface area contributed by atoms with E-state index in [1.54, 1.807) is 31.4 Å². The molecule has 0 spiro atoms. The average molecular weight is 498 g/mol. The number of hydrogen-bond donors (Lipinski definition) is 0. The van der Waals surface area contributed by atoms with Crippen LogP contribution in [0.4, 0.5) is 0 Å². The molecule has 0 saturated carbocycles. The summed E-state index contributed by atoms with van der Waals surface area (Å²) in [5, 5.41) is 4.03. The SMILES string of the molecule is COc1ccc(C(=O)/C=c2\s/c(=C\c3ccc(C)cc3C)c(=O)n2Cc2nnsc2Cl)cc1. The Balaban J connectivity index is 1.85. The predicted octanol–water partition coefficient (Wildman–Crippen LogP) is 3.58. The summed E-state index contributed by atoms with van der Waals surface area (Å²) < 4.78 is 12.0. The third kappa shape index (κ3) is 5.13. The second-order valence-corrected chi connectivity index (χ2v) is 9.85. The molecule has 33 heavy (non-hydrogen) atoms. The first-order valence-corrected chi connectivity index (χ1v) is 12.0. The molecular formula is C24H20ClN3O3S2. The number of rotatable bonds is 6. The molecule has 9 heteroatoms. The Hall–Kier alpha value is -3.07. The van der Waals surface area contributed by atoms with Crippen molar-refractivity contribution in [2.75, 3.05) is 7.11 Å². The summed E-state index contributed by atoms with van der Waals surface area (Å²) >= 11 is 8.50. The third-order valence-corrected chi connectivity index (χ3v) is 7.14. The first-order valence-electron chi connectivity index (χ1n) is 10.0. The van der Waals surface area contributed by atoms with Crippen LogP contribution in [0.5, 0.6) is 5.75 Å². The van der Waals surface area contributed by atoms with E-state index in [1.807, 2.05) is 32.1 Å². The number of carbonyl (C=O) groups excluding carboxylic acids is 1. The Kier molecular flexibility index (Phi) is 6.88. The fourth-order valence-corrected chi connectivity index (χ4v) is 4.96. The van der Waals surface area contributed by atoms with Gasteiger partial charge in [0, 0.05) is 23.2 Å². The highest BCUT2D eigenvalue weighted by Crippen LogP contribution is 2.17. The molecule has 2 aromatic carbocycles. The van der Waals surface area contributed by atoms with Crippen LogP contribution in [0, 0.1) is 13.8 Å². The zero-order valence-electron chi connectivity index (χ0n) is 18.2. The van der Waals surface area contributed by atoms with Crippen LogP contribution >= 0.6 is 34.5 Å². The van der Waals surface area contributed by atoms with E-state index in [2.05, 4.69) is 15.7 Å². The summed E-state index contributed by atoms with van der Waals surface area (Å²) in [6, 6.07) is 12.9. The molecule has 6 nitrogen and oxygen atoms in total. The third-order valence-electron chi connectivity index (χ3n) is 5.09. The standard InChI is InChI=1S/C24H20ClN3O3S2/c1-14-4-5-17(15(2)10-14)11-21-24(30)28(13-19-23(25)33-27-26-19)22(32-21)12-20(29)16-6-8-18(31-3)9-7-16/h4-12H,13H2,1-3H3/b21-11-,22-12-. The van der Waals surface area contributed by atoms with Gasteiger partial charge in [-0.15, -0.1) is 16.4 Å². The molecule has 0 aliphatic rings. The molecule has 4 rings (SSSR count). The Bertz CT molecular complexity index is 1500. The molecule has 0 aliphatic carbocycles. The summed E-state index contributed by atoms with van der Waals surface area (Å²) in [5.41, 5.74) is 3.95. The van der Waals surface area contributed by atoms with Gasteiger partial charge < -0.3 is 4.74 Å². The lowest BCUT2D eigenvalue weighted by Gasteiger charge is -2.01. The Morgan fingerprint density at radius 1 is 1.18 bits per heavy atom. The number of Topliss-reactive ketones (excluding diaryl/α,β-unsaturated/α-hetero) is 1. The Morgan fingerprint density at radius 2 is 1.94 bits per heavy atom. The van der Waals surface area contributed by atoms with Gasteiger partial charge >= 0.3 is 0 Å². The van der Waals surface area contributed by atoms with Gasteiger partial charge in [-0.1, -0.05) is 39.9 Å². The maximum Gasteiger partial charge on any atom is 0.269 e. The van der Waals surface area contributed by atoms with Crippen molar-refractivity contribution >= 4 is 52.4 Å². The lowest BCUT2D eigenvalue weighted by Crippen LogP contribution is -2.32. The summed E-state index contributed by atoms with van der Waals surface area (Å²) in [6.45, 7) is 4.16. The fourth-order valence-electron chi connectivity index (χ4n) is 3.31. The smallest absolute Gasteiger partial charge is 0.269 e. The number of ether oxygens (including phenoxy) is 1. The molecule has 0 radical (unpaired) electrons. The highest BCUT2D eigenvalue weighted by atomic mass is 35.5. The average Bonchev–Trinajstić information content (AvgIpc) is 3.33. The number of aromatic nitrogens is 3. The van der Waals surface area contributed by atoms with Crippen molar-refractivity contribution in [2.24, 2.45) is 0 Å².